The van der Waals surface area contributed by atoms with Crippen LogP contribution in [0.2, 0.25) is 5.02 Å². The molecule has 0 aliphatic heterocycles. The molecule has 0 spiro atoms. The van der Waals surface area contributed by atoms with Crippen molar-refractivity contribution in [3.05, 3.63) is 63.2 Å². The first kappa shape index (κ1) is 18.5. The summed E-state index contributed by atoms with van der Waals surface area (Å²) in [5.41, 5.74) is 1.69. The average molecular weight is 453 g/mol. The summed E-state index contributed by atoms with van der Waals surface area (Å²) in [6.07, 6.45) is 2.91. The van der Waals surface area contributed by atoms with Crippen molar-refractivity contribution in [2.24, 2.45) is 0 Å². The lowest BCUT2D eigenvalue weighted by atomic mass is 10.2. The van der Waals surface area contributed by atoms with Crippen LogP contribution in [0, 0.1) is 0 Å². The highest BCUT2D eigenvalue weighted by molar-refractivity contribution is 9.10. The predicted molar refractivity (Wildman–Crippen MR) is 103 cm³/mol. The normalized spacial score (nSPS) is 10.4. The number of esters is 1. The van der Waals surface area contributed by atoms with Crippen molar-refractivity contribution in [3.63, 3.8) is 0 Å². The number of aromatic nitrogens is 2. The van der Waals surface area contributed by atoms with E-state index in [0.717, 1.165) is 5.56 Å². The van der Waals surface area contributed by atoms with Crippen molar-refractivity contribution >= 4 is 55.9 Å². The molecule has 2 heterocycles. The maximum Gasteiger partial charge on any atom is 0.340 e. The molecule has 0 bridgehead atoms. The van der Waals surface area contributed by atoms with Gasteiger partial charge < -0.3 is 4.74 Å². The Hall–Kier alpha value is -2.29. The van der Waals surface area contributed by atoms with Crippen LogP contribution >= 0.6 is 38.9 Å². The lowest BCUT2D eigenvalue weighted by Gasteiger charge is -2.04. The predicted octanol–water partition coefficient (Wildman–Crippen LogP) is 4.42. The van der Waals surface area contributed by atoms with E-state index in [1.165, 1.54) is 17.5 Å². The fourth-order valence-corrected chi connectivity index (χ4v) is 3.34. The summed E-state index contributed by atoms with van der Waals surface area (Å²) in [6, 6.07) is 8.86. The van der Waals surface area contributed by atoms with Crippen LogP contribution in [0.3, 0.4) is 0 Å². The molecule has 0 unspecified atom stereocenters. The zero-order chi connectivity index (χ0) is 18.5. The van der Waals surface area contributed by atoms with Crippen LogP contribution in [0.15, 0.2) is 52.6 Å². The number of pyridine rings is 1. The minimum atomic E-state index is -0.634. The largest absolute Gasteiger partial charge is 0.452 e. The molecule has 6 nitrogen and oxygen atoms in total. The zero-order valence-corrected chi connectivity index (χ0v) is 16.3. The summed E-state index contributed by atoms with van der Waals surface area (Å²) in [7, 11) is 0. The Kier molecular flexibility index (Phi) is 5.97. The molecule has 0 radical (unpaired) electrons. The summed E-state index contributed by atoms with van der Waals surface area (Å²) in [5, 5.41) is 5.35. The second kappa shape index (κ2) is 8.39. The Labute approximate surface area is 166 Å². The van der Waals surface area contributed by atoms with Crippen molar-refractivity contribution in [3.8, 4) is 11.3 Å². The zero-order valence-electron chi connectivity index (χ0n) is 13.1. The monoisotopic (exact) mass is 451 g/mol. The van der Waals surface area contributed by atoms with E-state index in [1.807, 2.05) is 18.2 Å². The number of ether oxygens (including phenoxy) is 1. The fraction of sp³-hybridized carbons (Fsp3) is 0.0588. The van der Waals surface area contributed by atoms with Gasteiger partial charge in [-0.25, -0.2) is 9.78 Å². The third-order valence-electron chi connectivity index (χ3n) is 3.18. The number of rotatable bonds is 5. The van der Waals surface area contributed by atoms with E-state index in [4.69, 9.17) is 16.3 Å². The molecule has 3 aromatic rings. The van der Waals surface area contributed by atoms with Gasteiger partial charge >= 0.3 is 5.97 Å². The van der Waals surface area contributed by atoms with Gasteiger partial charge in [0.05, 0.1) is 11.3 Å². The second-order valence-corrected chi connectivity index (χ2v) is 7.21. The van der Waals surface area contributed by atoms with Crippen LogP contribution in [0.25, 0.3) is 11.3 Å². The van der Waals surface area contributed by atoms with Crippen LogP contribution in [-0.2, 0) is 9.53 Å². The van der Waals surface area contributed by atoms with Gasteiger partial charge in [0, 0.05) is 32.8 Å². The number of anilines is 1. The van der Waals surface area contributed by atoms with E-state index in [1.54, 1.807) is 23.7 Å². The summed E-state index contributed by atoms with van der Waals surface area (Å²) in [4.78, 5) is 32.0. The first-order chi connectivity index (χ1) is 12.5. The van der Waals surface area contributed by atoms with Gasteiger partial charge in [-0.05, 0) is 28.1 Å². The number of nitrogens with zero attached hydrogens (tertiary/aromatic N) is 2. The third kappa shape index (κ3) is 4.66. The molecule has 0 saturated heterocycles. The number of carbonyl (C=O) groups excluding carboxylic acids is 2. The van der Waals surface area contributed by atoms with Gasteiger partial charge in [-0.15, -0.1) is 11.3 Å². The molecule has 9 heteroatoms. The van der Waals surface area contributed by atoms with E-state index in [9.17, 15) is 9.59 Å². The smallest absolute Gasteiger partial charge is 0.340 e. The SMILES string of the molecule is O=C(COC(=O)c1cncc(Br)c1)Nc1nc(-c2ccccc2Cl)cs1. The summed E-state index contributed by atoms with van der Waals surface area (Å²) < 4.78 is 5.62. The van der Waals surface area contributed by atoms with Gasteiger partial charge in [0.25, 0.3) is 5.91 Å². The van der Waals surface area contributed by atoms with E-state index in [2.05, 4.69) is 31.2 Å². The highest BCUT2D eigenvalue weighted by Crippen LogP contribution is 2.30. The molecule has 26 heavy (non-hydrogen) atoms. The van der Waals surface area contributed by atoms with Crippen LogP contribution in [0.1, 0.15) is 10.4 Å². The number of hydrogen-bond donors (Lipinski definition) is 1. The molecule has 0 atom stereocenters. The Morgan fingerprint density at radius 1 is 1.27 bits per heavy atom. The molecule has 132 valence electrons. The van der Waals surface area contributed by atoms with Gasteiger partial charge in [-0.1, -0.05) is 29.8 Å². The summed E-state index contributed by atoms with van der Waals surface area (Å²) in [6.45, 7) is -0.424. The quantitative estimate of drug-likeness (QED) is 0.580. The van der Waals surface area contributed by atoms with Crippen molar-refractivity contribution in [2.75, 3.05) is 11.9 Å². The molecule has 1 aromatic carbocycles. The van der Waals surface area contributed by atoms with Crippen molar-refractivity contribution in [2.45, 2.75) is 0 Å². The van der Waals surface area contributed by atoms with Crippen molar-refractivity contribution in [1.82, 2.24) is 9.97 Å². The number of benzene rings is 1. The van der Waals surface area contributed by atoms with Gasteiger partial charge in [0.2, 0.25) is 0 Å². The molecule has 0 saturated carbocycles. The minimum Gasteiger partial charge on any atom is -0.452 e. The Bertz CT molecular complexity index is 964. The number of carbonyl (C=O) groups is 2. The van der Waals surface area contributed by atoms with Crippen LogP contribution in [-0.4, -0.2) is 28.5 Å². The Morgan fingerprint density at radius 2 is 2.08 bits per heavy atom. The van der Waals surface area contributed by atoms with E-state index in [0.29, 0.717) is 20.3 Å². The van der Waals surface area contributed by atoms with Gasteiger partial charge in [-0.2, -0.15) is 0 Å². The summed E-state index contributed by atoms with van der Waals surface area (Å²) in [5.74, 6) is -1.12. The molecule has 3 rings (SSSR count). The van der Waals surface area contributed by atoms with E-state index in [-0.39, 0.29) is 5.56 Å². The fourth-order valence-electron chi connectivity index (χ4n) is 2.02. The van der Waals surface area contributed by atoms with Gasteiger partial charge in [0.15, 0.2) is 11.7 Å². The van der Waals surface area contributed by atoms with Crippen LogP contribution in [0.4, 0.5) is 5.13 Å². The number of thiazole rings is 1. The highest BCUT2D eigenvalue weighted by Gasteiger charge is 2.13. The molecule has 2 aromatic heterocycles. The minimum absolute atomic E-state index is 0.252. The topological polar surface area (TPSA) is 81.2 Å². The molecule has 1 N–H and O–H groups in total. The molecule has 1 amide bonds. The van der Waals surface area contributed by atoms with Crippen molar-refractivity contribution in [1.29, 1.82) is 0 Å². The molecule has 0 fully saturated rings. The first-order valence-electron chi connectivity index (χ1n) is 7.31. The number of hydrogen-bond acceptors (Lipinski definition) is 6. The number of nitrogens with one attached hydrogen (secondary N) is 1. The molecular formula is C17H11BrClN3O3S. The first-order valence-corrected chi connectivity index (χ1v) is 9.36. The van der Waals surface area contributed by atoms with Crippen LogP contribution in [0.5, 0.6) is 0 Å². The standard InChI is InChI=1S/C17H11BrClN3O3S/c18-11-5-10(6-20-7-11)16(24)25-8-15(23)22-17-21-14(9-26-17)12-3-1-2-4-13(12)19/h1-7,9H,8H2,(H,21,22,23). The summed E-state index contributed by atoms with van der Waals surface area (Å²) >= 11 is 10.6. The maximum absolute atomic E-state index is 12.0. The maximum atomic E-state index is 12.0. The Morgan fingerprint density at radius 3 is 2.85 bits per heavy atom. The van der Waals surface area contributed by atoms with E-state index < -0.39 is 18.5 Å². The highest BCUT2D eigenvalue weighted by atomic mass is 79.9. The van der Waals surface area contributed by atoms with E-state index >= 15 is 0 Å². The number of halogens is 2. The third-order valence-corrected chi connectivity index (χ3v) is 4.70. The van der Waals surface area contributed by atoms with Crippen molar-refractivity contribution < 1.29 is 14.3 Å². The Balaban J connectivity index is 1.57. The second-order valence-electron chi connectivity index (χ2n) is 5.03. The average Bonchev–Trinajstić information content (AvgIpc) is 3.08. The lowest BCUT2D eigenvalue weighted by molar-refractivity contribution is -0.119. The molecule has 0 aliphatic rings. The van der Waals surface area contributed by atoms with Crippen LogP contribution < -0.4 is 5.32 Å². The number of amides is 1. The van der Waals surface area contributed by atoms with Gasteiger partial charge in [-0.3, -0.25) is 15.1 Å². The molecule has 0 aliphatic carbocycles. The molecular weight excluding hydrogens is 442 g/mol. The lowest BCUT2D eigenvalue weighted by Crippen LogP contribution is -2.20. The van der Waals surface area contributed by atoms with Gasteiger partial charge in [0.1, 0.15) is 0 Å².